The first-order valence-corrected chi connectivity index (χ1v) is 9.52. The number of nitrogens with one attached hydrogen (secondary N) is 1. The highest BCUT2D eigenvalue weighted by molar-refractivity contribution is 5.92. The zero-order valence-electron chi connectivity index (χ0n) is 15.6. The summed E-state index contributed by atoms with van der Waals surface area (Å²) < 4.78 is 5.87. The molecule has 0 unspecified atom stereocenters. The van der Waals surface area contributed by atoms with Gasteiger partial charge in [0.15, 0.2) is 0 Å². The minimum atomic E-state index is -0.846. The first-order chi connectivity index (χ1) is 12.1. The smallest absolute Gasteiger partial charge is 0.227 e. The van der Waals surface area contributed by atoms with Crippen LogP contribution in [0, 0.1) is 0 Å². The number of para-hydroxylation sites is 2. The van der Waals surface area contributed by atoms with Crippen molar-refractivity contribution in [3.8, 4) is 5.75 Å². The summed E-state index contributed by atoms with van der Waals surface area (Å²) in [6.07, 6.45) is 4.71. The zero-order valence-corrected chi connectivity index (χ0v) is 15.6. The van der Waals surface area contributed by atoms with Crippen LogP contribution in [0.5, 0.6) is 5.75 Å². The number of aliphatic hydroxyl groups is 1. The van der Waals surface area contributed by atoms with Gasteiger partial charge in [0.25, 0.3) is 0 Å². The largest absolute Gasteiger partial charge is 0.490 e. The van der Waals surface area contributed by atoms with E-state index in [1.807, 2.05) is 24.3 Å². The van der Waals surface area contributed by atoms with Crippen LogP contribution in [0.3, 0.4) is 0 Å². The standard InChI is InChI=1S/C20H32N2O3/c1-3-22(4-2)14-15-25-18-11-7-6-10-17(18)21-19(23)16-20(24)12-8-5-9-13-20/h6-7,10-11,24H,3-5,8-9,12-16H2,1-2H3,(H,21,23). The molecule has 140 valence electrons. The molecule has 1 saturated carbocycles. The van der Waals surface area contributed by atoms with E-state index in [0.29, 0.717) is 30.9 Å². The van der Waals surface area contributed by atoms with Crippen LogP contribution in [0.2, 0.25) is 0 Å². The van der Waals surface area contributed by atoms with Crippen LogP contribution < -0.4 is 10.1 Å². The van der Waals surface area contributed by atoms with Crippen molar-refractivity contribution in [2.75, 3.05) is 31.6 Å². The lowest BCUT2D eigenvalue weighted by Gasteiger charge is -2.31. The van der Waals surface area contributed by atoms with Gasteiger partial charge in [-0.1, -0.05) is 45.2 Å². The Bertz CT molecular complexity index is 537. The molecule has 0 heterocycles. The number of hydrogen-bond donors (Lipinski definition) is 2. The molecule has 5 nitrogen and oxygen atoms in total. The molecule has 25 heavy (non-hydrogen) atoms. The van der Waals surface area contributed by atoms with Crippen molar-refractivity contribution < 1.29 is 14.6 Å². The molecule has 1 aliphatic rings. The maximum atomic E-state index is 12.4. The van der Waals surface area contributed by atoms with Gasteiger partial charge in [-0.2, -0.15) is 0 Å². The summed E-state index contributed by atoms with van der Waals surface area (Å²) in [6, 6.07) is 7.49. The van der Waals surface area contributed by atoms with Gasteiger partial charge in [0, 0.05) is 6.54 Å². The number of ether oxygens (including phenoxy) is 1. The molecule has 5 heteroatoms. The van der Waals surface area contributed by atoms with Crippen molar-refractivity contribution in [2.45, 2.75) is 58.0 Å². The molecule has 1 fully saturated rings. The van der Waals surface area contributed by atoms with Crippen molar-refractivity contribution in [3.63, 3.8) is 0 Å². The second-order valence-electron chi connectivity index (χ2n) is 6.88. The summed E-state index contributed by atoms with van der Waals surface area (Å²) in [7, 11) is 0. The van der Waals surface area contributed by atoms with Gasteiger partial charge in [-0.15, -0.1) is 0 Å². The van der Waals surface area contributed by atoms with Gasteiger partial charge < -0.3 is 20.1 Å². The van der Waals surface area contributed by atoms with Crippen LogP contribution in [0.1, 0.15) is 52.4 Å². The number of carbonyl (C=O) groups excluding carboxylic acids is 1. The number of hydrogen-bond acceptors (Lipinski definition) is 4. The van der Waals surface area contributed by atoms with Crippen LogP contribution >= 0.6 is 0 Å². The molecule has 0 aliphatic heterocycles. The van der Waals surface area contributed by atoms with Crippen molar-refractivity contribution in [1.82, 2.24) is 4.90 Å². The van der Waals surface area contributed by atoms with E-state index < -0.39 is 5.60 Å². The Kier molecular flexibility index (Phi) is 7.72. The number of amides is 1. The van der Waals surface area contributed by atoms with Crippen molar-refractivity contribution in [3.05, 3.63) is 24.3 Å². The molecule has 1 aliphatic carbocycles. The number of likely N-dealkylation sites (N-methyl/N-ethyl adjacent to an activating group) is 1. The van der Waals surface area contributed by atoms with E-state index in [-0.39, 0.29) is 12.3 Å². The second kappa shape index (κ2) is 9.78. The van der Waals surface area contributed by atoms with Crippen LogP contribution in [0.25, 0.3) is 0 Å². The Labute approximate surface area is 151 Å². The molecule has 0 saturated heterocycles. The van der Waals surface area contributed by atoms with E-state index in [1.54, 1.807) is 0 Å². The Morgan fingerprint density at radius 1 is 1.20 bits per heavy atom. The first kappa shape index (κ1) is 19.7. The quantitative estimate of drug-likeness (QED) is 0.718. The molecular formula is C20H32N2O3. The normalized spacial score (nSPS) is 16.6. The molecule has 0 bridgehead atoms. The lowest BCUT2D eigenvalue weighted by molar-refractivity contribution is -0.122. The third kappa shape index (κ3) is 6.33. The van der Waals surface area contributed by atoms with E-state index in [4.69, 9.17) is 4.74 Å². The van der Waals surface area contributed by atoms with Gasteiger partial charge in [-0.3, -0.25) is 4.79 Å². The predicted octanol–water partition coefficient (Wildman–Crippen LogP) is 3.43. The molecule has 1 aromatic carbocycles. The van der Waals surface area contributed by atoms with E-state index >= 15 is 0 Å². The third-order valence-corrected chi connectivity index (χ3v) is 4.99. The molecule has 0 aromatic heterocycles. The highest BCUT2D eigenvalue weighted by atomic mass is 16.5. The SMILES string of the molecule is CCN(CC)CCOc1ccccc1NC(=O)CC1(O)CCCCC1. The Morgan fingerprint density at radius 3 is 2.56 bits per heavy atom. The number of anilines is 1. The molecule has 1 amide bonds. The van der Waals surface area contributed by atoms with Crippen LogP contribution in [-0.4, -0.2) is 47.8 Å². The summed E-state index contributed by atoms with van der Waals surface area (Å²) in [4.78, 5) is 14.7. The van der Waals surface area contributed by atoms with Gasteiger partial charge in [0.05, 0.1) is 17.7 Å². The topological polar surface area (TPSA) is 61.8 Å². The van der Waals surface area contributed by atoms with Gasteiger partial charge in [-0.05, 0) is 38.1 Å². The van der Waals surface area contributed by atoms with Crippen molar-refractivity contribution in [2.24, 2.45) is 0 Å². The summed E-state index contributed by atoms with van der Waals surface area (Å²) in [5.74, 6) is 0.530. The minimum absolute atomic E-state index is 0.149. The van der Waals surface area contributed by atoms with Crippen LogP contribution in [0.15, 0.2) is 24.3 Å². The number of nitrogens with zero attached hydrogens (tertiary/aromatic N) is 1. The Morgan fingerprint density at radius 2 is 1.88 bits per heavy atom. The molecule has 0 radical (unpaired) electrons. The average Bonchev–Trinajstić information content (AvgIpc) is 2.60. The molecule has 0 atom stereocenters. The lowest BCUT2D eigenvalue weighted by atomic mass is 9.82. The van der Waals surface area contributed by atoms with E-state index in [1.165, 1.54) is 0 Å². The second-order valence-corrected chi connectivity index (χ2v) is 6.88. The molecular weight excluding hydrogens is 316 g/mol. The average molecular weight is 348 g/mol. The molecule has 2 N–H and O–H groups in total. The molecule has 1 aromatic rings. The van der Waals surface area contributed by atoms with E-state index in [2.05, 4.69) is 24.1 Å². The Balaban J connectivity index is 1.89. The van der Waals surface area contributed by atoms with Crippen molar-refractivity contribution >= 4 is 11.6 Å². The fourth-order valence-electron chi connectivity index (χ4n) is 3.40. The lowest BCUT2D eigenvalue weighted by Crippen LogP contribution is -2.36. The van der Waals surface area contributed by atoms with Gasteiger partial charge in [-0.25, -0.2) is 0 Å². The summed E-state index contributed by atoms with van der Waals surface area (Å²) in [6.45, 7) is 7.70. The van der Waals surface area contributed by atoms with Crippen LogP contribution in [0.4, 0.5) is 5.69 Å². The third-order valence-electron chi connectivity index (χ3n) is 4.99. The fourth-order valence-corrected chi connectivity index (χ4v) is 3.40. The Hall–Kier alpha value is -1.59. The van der Waals surface area contributed by atoms with Crippen LogP contribution in [-0.2, 0) is 4.79 Å². The maximum Gasteiger partial charge on any atom is 0.227 e. The minimum Gasteiger partial charge on any atom is -0.490 e. The van der Waals surface area contributed by atoms with Gasteiger partial charge in [0.1, 0.15) is 12.4 Å². The predicted molar refractivity (Wildman–Crippen MR) is 101 cm³/mol. The zero-order chi connectivity index (χ0) is 18.1. The van der Waals surface area contributed by atoms with Gasteiger partial charge >= 0.3 is 0 Å². The number of carbonyl (C=O) groups is 1. The fraction of sp³-hybridized carbons (Fsp3) is 0.650. The maximum absolute atomic E-state index is 12.4. The summed E-state index contributed by atoms with van der Waals surface area (Å²) in [5.41, 5.74) is -0.174. The summed E-state index contributed by atoms with van der Waals surface area (Å²) in [5, 5.41) is 13.5. The molecule has 0 spiro atoms. The first-order valence-electron chi connectivity index (χ1n) is 9.52. The summed E-state index contributed by atoms with van der Waals surface area (Å²) >= 11 is 0. The van der Waals surface area contributed by atoms with E-state index in [9.17, 15) is 9.90 Å². The highest BCUT2D eigenvalue weighted by Gasteiger charge is 2.31. The molecule has 2 rings (SSSR count). The highest BCUT2D eigenvalue weighted by Crippen LogP contribution is 2.32. The monoisotopic (exact) mass is 348 g/mol. The van der Waals surface area contributed by atoms with Gasteiger partial charge in [0.2, 0.25) is 5.91 Å². The number of benzene rings is 1. The van der Waals surface area contributed by atoms with Crippen molar-refractivity contribution in [1.29, 1.82) is 0 Å². The number of rotatable bonds is 9. The van der Waals surface area contributed by atoms with E-state index in [0.717, 1.165) is 38.9 Å².